The Kier molecular flexibility index (Phi) is 9.63. The molecule has 0 aliphatic rings. The van der Waals surface area contributed by atoms with Crippen molar-refractivity contribution in [1.82, 2.24) is 0 Å². The van der Waals surface area contributed by atoms with Gasteiger partial charge in [0.05, 0.1) is 0 Å². The monoisotopic (exact) mass is 198 g/mol. The number of nitrogens with two attached hydrogens (primary N) is 2. The Hall–Kier alpha value is -0.920. The van der Waals surface area contributed by atoms with Crippen LogP contribution in [0.4, 0.5) is 0 Å². The number of allylic oxidation sites excluding steroid dienone is 3. The molecule has 0 aliphatic carbocycles. The molecule has 2 nitrogen and oxygen atoms in total. The van der Waals surface area contributed by atoms with Gasteiger partial charge in [0.1, 0.15) is 0 Å². The second kappa shape index (κ2) is 8.67. The zero-order chi connectivity index (χ0) is 11.7. The molecule has 0 aliphatic heterocycles. The molecule has 0 heterocycles. The first-order valence-corrected chi connectivity index (χ1v) is 5.38. The van der Waals surface area contributed by atoms with Crippen LogP contribution in [0.2, 0.25) is 0 Å². The Morgan fingerprint density at radius 2 is 1.43 bits per heavy atom. The highest BCUT2D eigenvalue weighted by atomic mass is 14.6. The van der Waals surface area contributed by atoms with E-state index in [1.165, 1.54) is 0 Å². The van der Waals surface area contributed by atoms with Crippen LogP contribution in [0.5, 0.6) is 0 Å². The van der Waals surface area contributed by atoms with Crippen LogP contribution in [0.3, 0.4) is 0 Å². The van der Waals surface area contributed by atoms with E-state index >= 15 is 0 Å². The molecule has 0 fully saturated rings. The van der Waals surface area contributed by atoms with Crippen molar-refractivity contribution in [3.63, 3.8) is 0 Å². The van der Waals surface area contributed by atoms with Gasteiger partial charge in [0, 0.05) is 5.70 Å². The fourth-order valence-corrected chi connectivity index (χ4v) is 1.06. The Bertz CT molecular complexity index is 188. The van der Waals surface area contributed by atoms with E-state index in [1.807, 2.05) is 19.9 Å². The van der Waals surface area contributed by atoms with Crippen molar-refractivity contribution in [2.24, 2.45) is 23.3 Å². The maximum Gasteiger partial charge on any atom is 0.0142 e. The Morgan fingerprint density at radius 3 is 1.64 bits per heavy atom. The highest BCUT2D eigenvalue weighted by Crippen LogP contribution is 2.18. The molecule has 14 heavy (non-hydrogen) atoms. The van der Waals surface area contributed by atoms with E-state index < -0.39 is 0 Å². The van der Waals surface area contributed by atoms with Crippen LogP contribution < -0.4 is 11.5 Å². The molecule has 0 amide bonds. The van der Waals surface area contributed by atoms with E-state index in [2.05, 4.69) is 27.7 Å². The van der Waals surface area contributed by atoms with Gasteiger partial charge in [-0.25, -0.2) is 0 Å². The third-order valence-electron chi connectivity index (χ3n) is 1.85. The molecule has 0 saturated heterocycles. The molecule has 0 aromatic rings. The van der Waals surface area contributed by atoms with Gasteiger partial charge in [-0.05, 0) is 29.7 Å². The number of hydrogen-bond acceptors (Lipinski definition) is 2. The first-order valence-electron chi connectivity index (χ1n) is 5.38. The summed E-state index contributed by atoms with van der Waals surface area (Å²) in [6.45, 7) is 12.4. The van der Waals surface area contributed by atoms with E-state index in [0.717, 1.165) is 11.3 Å². The Balaban J connectivity index is 0. The van der Waals surface area contributed by atoms with E-state index in [0.29, 0.717) is 11.8 Å². The van der Waals surface area contributed by atoms with E-state index in [4.69, 9.17) is 11.5 Å². The van der Waals surface area contributed by atoms with Crippen molar-refractivity contribution in [2.45, 2.75) is 41.5 Å². The molecule has 0 aromatic carbocycles. The quantitative estimate of drug-likeness (QED) is 0.685. The van der Waals surface area contributed by atoms with Crippen molar-refractivity contribution in [3.05, 3.63) is 23.5 Å². The summed E-state index contributed by atoms with van der Waals surface area (Å²) < 4.78 is 0. The van der Waals surface area contributed by atoms with Crippen LogP contribution >= 0.6 is 0 Å². The molecule has 0 atom stereocenters. The summed E-state index contributed by atoms with van der Waals surface area (Å²) in [5.74, 6) is 0.825. The molecule has 0 spiro atoms. The van der Waals surface area contributed by atoms with Crippen LogP contribution in [0.15, 0.2) is 23.5 Å². The highest BCUT2D eigenvalue weighted by Gasteiger charge is 2.07. The lowest BCUT2D eigenvalue weighted by Crippen LogP contribution is -2.11. The molecule has 84 valence electrons. The van der Waals surface area contributed by atoms with Gasteiger partial charge in [-0.2, -0.15) is 0 Å². The maximum atomic E-state index is 5.92. The van der Waals surface area contributed by atoms with Crippen LogP contribution in [-0.4, -0.2) is 0 Å². The van der Waals surface area contributed by atoms with Crippen molar-refractivity contribution >= 4 is 0 Å². The lowest BCUT2D eigenvalue weighted by atomic mass is 9.96. The van der Waals surface area contributed by atoms with Crippen LogP contribution in [0.25, 0.3) is 0 Å². The molecule has 0 rings (SSSR count). The normalized spacial score (nSPS) is 12.9. The first-order chi connectivity index (χ1) is 6.50. The average Bonchev–Trinajstić information content (AvgIpc) is 2.15. The molecule has 0 radical (unpaired) electrons. The zero-order valence-corrected chi connectivity index (χ0v) is 10.5. The van der Waals surface area contributed by atoms with E-state index in [1.54, 1.807) is 6.20 Å². The van der Waals surface area contributed by atoms with Crippen LogP contribution in [-0.2, 0) is 0 Å². The lowest BCUT2D eigenvalue weighted by Gasteiger charge is -2.14. The van der Waals surface area contributed by atoms with Crippen molar-refractivity contribution < 1.29 is 0 Å². The second-order valence-electron chi connectivity index (χ2n) is 3.58. The Labute approximate surface area is 89.1 Å². The topological polar surface area (TPSA) is 52.0 Å². The van der Waals surface area contributed by atoms with Crippen LogP contribution in [0.1, 0.15) is 41.5 Å². The fraction of sp³-hybridized carbons (Fsp3) is 0.667. The van der Waals surface area contributed by atoms with Crippen LogP contribution in [0, 0.1) is 11.8 Å². The lowest BCUT2D eigenvalue weighted by molar-refractivity contribution is 0.697. The van der Waals surface area contributed by atoms with E-state index in [-0.39, 0.29) is 0 Å². The van der Waals surface area contributed by atoms with Gasteiger partial charge in [-0.3, -0.25) is 0 Å². The zero-order valence-electron chi connectivity index (χ0n) is 10.5. The Morgan fingerprint density at radius 1 is 1.00 bits per heavy atom. The van der Waals surface area contributed by atoms with Gasteiger partial charge in [0.25, 0.3) is 0 Å². The minimum atomic E-state index is 0.388. The van der Waals surface area contributed by atoms with Gasteiger partial charge < -0.3 is 11.5 Å². The highest BCUT2D eigenvalue weighted by molar-refractivity contribution is 5.26. The molecule has 0 unspecified atom stereocenters. The third-order valence-corrected chi connectivity index (χ3v) is 1.85. The number of rotatable bonds is 3. The molecule has 0 bridgehead atoms. The summed E-state index contributed by atoms with van der Waals surface area (Å²) >= 11 is 0. The minimum absolute atomic E-state index is 0.388. The molecule has 2 heteroatoms. The second-order valence-corrected chi connectivity index (χ2v) is 3.58. The fourth-order valence-electron chi connectivity index (χ4n) is 1.06. The summed E-state index contributed by atoms with van der Waals surface area (Å²) in [6.07, 6.45) is 3.44. The van der Waals surface area contributed by atoms with E-state index in [9.17, 15) is 0 Å². The molecule has 0 aromatic heterocycles. The van der Waals surface area contributed by atoms with Gasteiger partial charge in [-0.15, -0.1) is 0 Å². The number of hydrogen-bond donors (Lipinski definition) is 2. The standard InChI is InChI=1S/C10H20N2.C2H6/c1-7(2)9(5-6-11)10(12)8(3)4;1-2/h5-8H,11-12H2,1-4H3;1-2H3/b6-5-,10-9+;. The third kappa shape index (κ3) is 5.68. The largest absolute Gasteiger partial charge is 0.405 e. The SMILES string of the molecule is CC.CC(C)/C(N)=C(/C=C\N)C(C)C. The average molecular weight is 198 g/mol. The predicted molar refractivity (Wildman–Crippen MR) is 65.6 cm³/mol. The first kappa shape index (κ1) is 15.5. The van der Waals surface area contributed by atoms with Gasteiger partial charge in [0.15, 0.2) is 0 Å². The smallest absolute Gasteiger partial charge is 0.0142 e. The molecule has 0 saturated carbocycles. The van der Waals surface area contributed by atoms with Crippen molar-refractivity contribution in [2.75, 3.05) is 0 Å². The van der Waals surface area contributed by atoms with Crippen molar-refractivity contribution in [3.8, 4) is 0 Å². The molecular weight excluding hydrogens is 172 g/mol. The molecule has 4 N–H and O–H groups in total. The summed E-state index contributed by atoms with van der Waals surface area (Å²) in [5, 5.41) is 0. The van der Waals surface area contributed by atoms with Crippen molar-refractivity contribution in [1.29, 1.82) is 0 Å². The summed E-state index contributed by atoms with van der Waals surface area (Å²) in [6, 6.07) is 0. The summed E-state index contributed by atoms with van der Waals surface area (Å²) in [7, 11) is 0. The van der Waals surface area contributed by atoms with Gasteiger partial charge in [0.2, 0.25) is 0 Å². The predicted octanol–water partition coefficient (Wildman–Crippen LogP) is 3.01. The molecular formula is C12H26N2. The van der Waals surface area contributed by atoms with Gasteiger partial charge >= 0.3 is 0 Å². The maximum absolute atomic E-state index is 5.92. The summed E-state index contributed by atoms with van der Waals surface area (Å²) in [4.78, 5) is 0. The summed E-state index contributed by atoms with van der Waals surface area (Å²) in [5.41, 5.74) is 13.3. The minimum Gasteiger partial charge on any atom is -0.405 e. The van der Waals surface area contributed by atoms with Gasteiger partial charge in [-0.1, -0.05) is 41.5 Å².